The monoisotopic (exact) mass is 259 g/mol. The number of amides is 1. The molecule has 2 atom stereocenters. The third kappa shape index (κ3) is 3.20. The van der Waals surface area contributed by atoms with E-state index in [0.717, 1.165) is 12.8 Å². The van der Waals surface area contributed by atoms with E-state index >= 15 is 0 Å². The van der Waals surface area contributed by atoms with Gasteiger partial charge in [-0.2, -0.15) is 0 Å². The molecule has 104 valence electrons. The molecule has 2 unspecified atom stereocenters. The molecular weight excluding hydrogens is 237 g/mol. The number of alkyl halides is 1. The maximum Gasteiger partial charge on any atom is 0.257 e. The summed E-state index contributed by atoms with van der Waals surface area (Å²) in [4.78, 5) is 13.7. The number of carbonyl (C=O) groups is 1. The molecule has 2 aliphatic rings. The SMILES string of the molecule is COCC1CN(C(=O)C(F)C2CC2)CC(C)(C)O1. The summed E-state index contributed by atoms with van der Waals surface area (Å²) in [7, 11) is 1.60. The summed E-state index contributed by atoms with van der Waals surface area (Å²) in [6, 6.07) is 0. The third-order valence-corrected chi connectivity index (χ3v) is 3.42. The van der Waals surface area contributed by atoms with Crippen molar-refractivity contribution in [3.63, 3.8) is 0 Å². The maximum atomic E-state index is 13.9. The number of hydrogen-bond donors (Lipinski definition) is 0. The van der Waals surface area contributed by atoms with Crippen LogP contribution < -0.4 is 0 Å². The minimum atomic E-state index is -1.33. The highest BCUT2D eigenvalue weighted by atomic mass is 19.1. The van der Waals surface area contributed by atoms with Crippen molar-refractivity contribution in [1.82, 2.24) is 4.90 Å². The first-order chi connectivity index (χ1) is 8.43. The zero-order chi connectivity index (χ0) is 13.3. The molecule has 0 bridgehead atoms. The molecule has 1 saturated heterocycles. The lowest BCUT2D eigenvalue weighted by molar-refractivity contribution is -0.172. The number of halogens is 1. The van der Waals surface area contributed by atoms with Gasteiger partial charge in [0, 0.05) is 20.2 Å². The topological polar surface area (TPSA) is 38.8 Å². The van der Waals surface area contributed by atoms with Gasteiger partial charge in [0.2, 0.25) is 0 Å². The van der Waals surface area contributed by atoms with Gasteiger partial charge in [0.1, 0.15) is 0 Å². The number of rotatable bonds is 4. The Morgan fingerprint density at radius 1 is 1.56 bits per heavy atom. The average molecular weight is 259 g/mol. The fourth-order valence-corrected chi connectivity index (χ4v) is 2.50. The Hall–Kier alpha value is -0.680. The number of ether oxygens (including phenoxy) is 2. The molecule has 0 aromatic rings. The predicted molar refractivity (Wildman–Crippen MR) is 65.0 cm³/mol. The van der Waals surface area contributed by atoms with Crippen LogP contribution >= 0.6 is 0 Å². The smallest absolute Gasteiger partial charge is 0.257 e. The van der Waals surface area contributed by atoms with Gasteiger partial charge in [-0.3, -0.25) is 4.79 Å². The van der Waals surface area contributed by atoms with E-state index in [1.165, 1.54) is 0 Å². The van der Waals surface area contributed by atoms with Gasteiger partial charge >= 0.3 is 0 Å². The van der Waals surface area contributed by atoms with Crippen LogP contribution in [0.25, 0.3) is 0 Å². The number of methoxy groups -OCH3 is 1. The van der Waals surface area contributed by atoms with Crippen molar-refractivity contribution in [3.8, 4) is 0 Å². The summed E-state index contributed by atoms with van der Waals surface area (Å²) in [5.41, 5.74) is -0.444. The van der Waals surface area contributed by atoms with E-state index in [4.69, 9.17) is 9.47 Å². The van der Waals surface area contributed by atoms with Crippen molar-refractivity contribution >= 4 is 5.91 Å². The van der Waals surface area contributed by atoms with E-state index < -0.39 is 11.8 Å². The van der Waals surface area contributed by atoms with Crippen molar-refractivity contribution in [1.29, 1.82) is 0 Å². The Balaban J connectivity index is 1.99. The Labute approximate surface area is 107 Å². The highest BCUT2D eigenvalue weighted by Gasteiger charge is 2.42. The average Bonchev–Trinajstić information content (AvgIpc) is 3.09. The second-order valence-corrected chi connectivity index (χ2v) is 5.91. The van der Waals surface area contributed by atoms with Crippen LogP contribution in [0.4, 0.5) is 4.39 Å². The molecule has 0 aromatic heterocycles. The summed E-state index contributed by atoms with van der Waals surface area (Å²) in [5, 5.41) is 0. The second kappa shape index (κ2) is 5.13. The van der Waals surface area contributed by atoms with E-state index in [9.17, 15) is 9.18 Å². The number of carbonyl (C=O) groups excluding carboxylic acids is 1. The molecule has 18 heavy (non-hydrogen) atoms. The number of morpholine rings is 1. The van der Waals surface area contributed by atoms with Gasteiger partial charge in [-0.05, 0) is 32.6 Å². The first-order valence-electron chi connectivity index (χ1n) is 6.52. The Morgan fingerprint density at radius 2 is 2.22 bits per heavy atom. The molecule has 1 aliphatic heterocycles. The van der Waals surface area contributed by atoms with E-state index in [1.54, 1.807) is 12.0 Å². The normalized spacial score (nSPS) is 29.1. The summed E-state index contributed by atoms with van der Waals surface area (Å²) in [6.07, 6.45) is 0.167. The molecular formula is C13H22FNO3. The fraction of sp³-hybridized carbons (Fsp3) is 0.923. The number of nitrogens with zero attached hydrogens (tertiary/aromatic N) is 1. The van der Waals surface area contributed by atoms with Crippen LogP contribution in [0.15, 0.2) is 0 Å². The van der Waals surface area contributed by atoms with Crippen molar-refractivity contribution in [2.75, 3.05) is 26.8 Å². The van der Waals surface area contributed by atoms with Crippen molar-refractivity contribution in [3.05, 3.63) is 0 Å². The van der Waals surface area contributed by atoms with E-state index in [0.29, 0.717) is 19.7 Å². The first kappa shape index (κ1) is 13.7. The van der Waals surface area contributed by atoms with Crippen LogP contribution in [0, 0.1) is 5.92 Å². The van der Waals surface area contributed by atoms with Gasteiger partial charge < -0.3 is 14.4 Å². The predicted octanol–water partition coefficient (Wildman–Crippen LogP) is 1.39. The van der Waals surface area contributed by atoms with Crippen LogP contribution in [-0.2, 0) is 14.3 Å². The van der Waals surface area contributed by atoms with E-state index in [1.807, 2.05) is 13.8 Å². The van der Waals surface area contributed by atoms with E-state index in [-0.39, 0.29) is 17.9 Å². The Morgan fingerprint density at radius 3 is 2.78 bits per heavy atom. The van der Waals surface area contributed by atoms with Crippen LogP contribution in [0.2, 0.25) is 0 Å². The summed E-state index contributed by atoms with van der Waals surface area (Å²) in [5.74, 6) is -0.431. The summed E-state index contributed by atoms with van der Waals surface area (Å²) >= 11 is 0. The molecule has 1 aliphatic carbocycles. The van der Waals surface area contributed by atoms with Gasteiger partial charge in [0.15, 0.2) is 6.17 Å². The second-order valence-electron chi connectivity index (χ2n) is 5.91. The van der Waals surface area contributed by atoms with Crippen molar-refractivity contribution < 1.29 is 18.7 Å². The standard InChI is InChI=1S/C13H22FNO3/c1-13(2)8-15(6-10(18-13)7-17-3)12(16)11(14)9-4-5-9/h9-11H,4-8H2,1-3H3. The lowest BCUT2D eigenvalue weighted by Crippen LogP contribution is -2.57. The lowest BCUT2D eigenvalue weighted by atomic mass is 10.0. The molecule has 1 saturated carbocycles. The first-order valence-corrected chi connectivity index (χ1v) is 6.52. The van der Waals surface area contributed by atoms with Crippen LogP contribution in [0.5, 0.6) is 0 Å². The highest BCUT2D eigenvalue weighted by molar-refractivity contribution is 5.81. The van der Waals surface area contributed by atoms with Gasteiger partial charge in [-0.25, -0.2) is 4.39 Å². The van der Waals surface area contributed by atoms with Gasteiger partial charge in [-0.15, -0.1) is 0 Å². The molecule has 1 amide bonds. The molecule has 2 fully saturated rings. The third-order valence-electron chi connectivity index (χ3n) is 3.42. The molecule has 0 N–H and O–H groups in total. The molecule has 0 radical (unpaired) electrons. The molecule has 1 heterocycles. The molecule has 4 nitrogen and oxygen atoms in total. The van der Waals surface area contributed by atoms with Gasteiger partial charge in [0.05, 0.1) is 18.3 Å². The van der Waals surface area contributed by atoms with Crippen LogP contribution in [-0.4, -0.2) is 55.5 Å². The fourth-order valence-electron chi connectivity index (χ4n) is 2.50. The molecule has 0 spiro atoms. The molecule has 5 heteroatoms. The van der Waals surface area contributed by atoms with Crippen LogP contribution in [0.1, 0.15) is 26.7 Å². The highest BCUT2D eigenvalue weighted by Crippen LogP contribution is 2.36. The van der Waals surface area contributed by atoms with Crippen molar-refractivity contribution in [2.24, 2.45) is 5.92 Å². The van der Waals surface area contributed by atoms with Crippen molar-refractivity contribution in [2.45, 2.75) is 44.6 Å². The van der Waals surface area contributed by atoms with Gasteiger partial charge in [0.25, 0.3) is 5.91 Å². The van der Waals surface area contributed by atoms with Gasteiger partial charge in [-0.1, -0.05) is 0 Å². The lowest BCUT2D eigenvalue weighted by Gasteiger charge is -2.43. The minimum absolute atomic E-state index is 0.0515. The zero-order valence-electron chi connectivity index (χ0n) is 11.3. The maximum absolute atomic E-state index is 13.9. The van der Waals surface area contributed by atoms with Crippen LogP contribution in [0.3, 0.4) is 0 Å². The molecule has 0 aromatic carbocycles. The summed E-state index contributed by atoms with van der Waals surface area (Å²) in [6.45, 7) is 5.12. The number of hydrogen-bond acceptors (Lipinski definition) is 3. The Bertz CT molecular complexity index is 317. The zero-order valence-corrected chi connectivity index (χ0v) is 11.3. The van der Waals surface area contributed by atoms with E-state index in [2.05, 4.69) is 0 Å². The summed E-state index contributed by atoms with van der Waals surface area (Å²) < 4.78 is 24.7. The molecule has 2 rings (SSSR count). The quantitative estimate of drug-likeness (QED) is 0.766. The minimum Gasteiger partial charge on any atom is -0.382 e. The Kier molecular flexibility index (Phi) is 3.92. The largest absolute Gasteiger partial charge is 0.382 e.